The molecule has 1 aromatic carbocycles. The third kappa shape index (κ3) is 6.39. The first kappa shape index (κ1) is 24.4. The molecule has 12 heteroatoms. The van der Waals surface area contributed by atoms with Gasteiger partial charge >= 0.3 is 0 Å². The number of rotatable bonds is 12. The van der Waals surface area contributed by atoms with E-state index in [1.165, 1.54) is 19.4 Å². The van der Waals surface area contributed by atoms with Crippen LogP contribution in [0.1, 0.15) is 0 Å². The Morgan fingerprint density at radius 3 is 2.70 bits per heavy atom. The summed E-state index contributed by atoms with van der Waals surface area (Å²) in [5.41, 5.74) is 0.753. The largest absolute Gasteiger partial charge is 0.494 e. The topological polar surface area (TPSA) is 109 Å². The Labute approximate surface area is 192 Å². The van der Waals surface area contributed by atoms with Crippen molar-refractivity contribution in [2.24, 2.45) is 0 Å². The van der Waals surface area contributed by atoms with E-state index in [0.717, 1.165) is 6.54 Å². The van der Waals surface area contributed by atoms with Crippen LogP contribution in [0.3, 0.4) is 0 Å². The van der Waals surface area contributed by atoms with Gasteiger partial charge in [-0.3, -0.25) is 15.0 Å². The Kier molecular flexibility index (Phi) is 8.17. The second-order valence-corrected chi connectivity index (χ2v) is 8.06. The SMILES string of the molecule is COc1cc(N(C)CCN(C)C)c([N+](=O)[O-])cc1Nc1nccc(OC2CN(CCF)C2)n1. The summed E-state index contributed by atoms with van der Waals surface area (Å²) in [5.74, 6) is 1.00. The highest BCUT2D eigenvalue weighted by Crippen LogP contribution is 2.38. The highest BCUT2D eigenvalue weighted by atomic mass is 19.1. The van der Waals surface area contributed by atoms with Crippen molar-refractivity contribution in [3.8, 4) is 11.6 Å². The second kappa shape index (κ2) is 11.1. The van der Waals surface area contributed by atoms with Crippen LogP contribution in [-0.2, 0) is 0 Å². The summed E-state index contributed by atoms with van der Waals surface area (Å²) in [4.78, 5) is 25.6. The van der Waals surface area contributed by atoms with Gasteiger partial charge in [-0.15, -0.1) is 0 Å². The Balaban J connectivity index is 1.77. The normalized spacial score (nSPS) is 14.1. The summed E-state index contributed by atoms with van der Waals surface area (Å²) in [6.07, 6.45) is 1.47. The third-order valence-electron chi connectivity index (χ3n) is 5.28. The van der Waals surface area contributed by atoms with Gasteiger partial charge in [-0.25, -0.2) is 9.37 Å². The lowest BCUT2D eigenvalue weighted by atomic mass is 10.2. The van der Waals surface area contributed by atoms with Crippen molar-refractivity contribution in [1.82, 2.24) is 19.8 Å². The number of methoxy groups -OCH3 is 1. The van der Waals surface area contributed by atoms with E-state index in [2.05, 4.69) is 15.3 Å². The van der Waals surface area contributed by atoms with Gasteiger partial charge in [-0.1, -0.05) is 0 Å². The molecule has 1 aliphatic heterocycles. The summed E-state index contributed by atoms with van der Waals surface area (Å²) in [5, 5.41) is 14.8. The van der Waals surface area contributed by atoms with E-state index in [9.17, 15) is 14.5 Å². The number of likely N-dealkylation sites (tertiary alicyclic amines) is 1. The van der Waals surface area contributed by atoms with Gasteiger partial charge in [0.2, 0.25) is 11.8 Å². The zero-order chi connectivity index (χ0) is 24.0. The van der Waals surface area contributed by atoms with Crippen LogP contribution >= 0.6 is 0 Å². The maximum absolute atomic E-state index is 12.4. The fourth-order valence-electron chi connectivity index (χ4n) is 3.40. The first-order chi connectivity index (χ1) is 15.8. The average molecular weight is 464 g/mol. The molecular formula is C21H30FN7O4. The number of likely N-dealkylation sites (N-methyl/N-ethyl adjacent to an activating group) is 2. The molecule has 180 valence electrons. The number of benzene rings is 1. The highest BCUT2D eigenvalue weighted by Gasteiger charge is 2.28. The summed E-state index contributed by atoms with van der Waals surface area (Å²) in [6, 6.07) is 4.67. The number of hydrogen-bond acceptors (Lipinski definition) is 10. The van der Waals surface area contributed by atoms with Crippen LogP contribution in [0, 0.1) is 10.1 Å². The smallest absolute Gasteiger partial charge is 0.294 e. The number of nitrogens with one attached hydrogen (secondary N) is 1. The number of nitrogens with zero attached hydrogens (tertiary/aromatic N) is 6. The monoisotopic (exact) mass is 463 g/mol. The molecule has 3 rings (SSSR count). The number of nitro benzene ring substituents is 1. The van der Waals surface area contributed by atoms with Gasteiger partial charge in [0.05, 0.1) is 17.7 Å². The molecule has 1 N–H and O–H groups in total. The number of nitro groups is 1. The predicted octanol–water partition coefficient (Wildman–Crippen LogP) is 2.17. The quantitative estimate of drug-likeness (QED) is 0.371. The second-order valence-electron chi connectivity index (χ2n) is 8.06. The Morgan fingerprint density at radius 1 is 1.30 bits per heavy atom. The van der Waals surface area contributed by atoms with E-state index in [4.69, 9.17) is 9.47 Å². The number of halogens is 1. The van der Waals surface area contributed by atoms with Gasteiger partial charge in [0.15, 0.2) is 0 Å². The summed E-state index contributed by atoms with van der Waals surface area (Å²) in [7, 11) is 7.19. The van der Waals surface area contributed by atoms with E-state index in [-0.39, 0.29) is 24.4 Å². The number of anilines is 3. The molecule has 2 aromatic rings. The molecule has 0 saturated carbocycles. The number of ether oxygens (including phenoxy) is 2. The molecule has 33 heavy (non-hydrogen) atoms. The van der Waals surface area contributed by atoms with E-state index in [0.29, 0.717) is 49.2 Å². The zero-order valence-electron chi connectivity index (χ0n) is 19.3. The minimum atomic E-state index is -0.424. The van der Waals surface area contributed by atoms with Gasteiger partial charge in [0.25, 0.3) is 5.69 Å². The van der Waals surface area contributed by atoms with Crippen molar-refractivity contribution in [3.63, 3.8) is 0 Å². The molecule has 1 aliphatic rings. The molecule has 0 spiro atoms. The van der Waals surface area contributed by atoms with Gasteiger partial charge in [0, 0.05) is 64.2 Å². The molecule has 0 radical (unpaired) electrons. The summed E-state index contributed by atoms with van der Waals surface area (Å²) >= 11 is 0. The lowest BCUT2D eigenvalue weighted by Crippen LogP contribution is -2.54. The maximum atomic E-state index is 12.4. The minimum absolute atomic E-state index is 0.0608. The Morgan fingerprint density at radius 2 is 2.06 bits per heavy atom. The third-order valence-corrected chi connectivity index (χ3v) is 5.28. The molecule has 0 aliphatic carbocycles. The zero-order valence-corrected chi connectivity index (χ0v) is 19.3. The van der Waals surface area contributed by atoms with Crippen LogP contribution in [0.25, 0.3) is 0 Å². The van der Waals surface area contributed by atoms with Crippen molar-refractivity contribution in [3.05, 3.63) is 34.5 Å². The highest BCUT2D eigenvalue weighted by molar-refractivity contribution is 5.76. The van der Waals surface area contributed by atoms with Crippen LogP contribution in [-0.4, -0.2) is 98.4 Å². The lowest BCUT2D eigenvalue weighted by Gasteiger charge is -2.37. The Bertz CT molecular complexity index is 956. The van der Waals surface area contributed by atoms with Gasteiger partial charge in [-0.05, 0) is 14.1 Å². The van der Waals surface area contributed by atoms with Crippen LogP contribution < -0.4 is 19.7 Å². The summed E-state index contributed by atoms with van der Waals surface area (Å²) in [6.45, 7) is 2.64. The van der Waals surface area contributed by atoms with Gasteiger partial charge in [-0.2, -0.15) is 4.98 Å². The van der Waals surface area contributed by atoms with Crippen LogP contribution in [0.5, 0.6) is 11.6 Å². The molecule has 11 nitrogen and oxygen atoms in total. The number of hydrogen-bond donors (Lipinski definition) is 1. The first-order valence-corrected chi connectivity index (χ1v) is 10.6. The molecule has 0 amide bonds. The van der Waals surface area contributed by atoms with E-state index in [1.807, 2.05) is 28.8 Å². The van der Waals surface area contributed by atoms with Crippen LogP contribution in [0.2, 0.25) is 0 Å². The Hall–Kier alpha value is -3.25. The van der Waals surface area contributed by atoms with Gasteiger partial charge < -0.3 is 24.6 Å². The molecular weight excluding hydrogens is 433 g/mol. The van der Waals surface area contributed by atoms with Crippen LogP contribution in [0.15, 0.2) is 24.4 Å². The average Bonchev–Trinajstić information content (AvgIpc) is 2.76. The van der Waals surface area contributed by atoms with Crippen molar-refractivity contribution in [1.29, 1.82) is 0 Å². The predicted molar refractivity (Wildman–Crippen MR) is 124 cm³/mol. The van der Waals surface area contributed by atoms with E-state index in [1.54, 1.807) is 19.2 Å². The molecule has 1 saturated heterocycles. The van der Waals surface area contributed by atoms with E-state index >= 15 is 0 Å². The number of aromatic nitrogens is 2. The molecule has 2 heterocycles. The van der Waals surface area contributed by atoms with Crippen molar-refractivity contribution >= 4 is 23.0 Å². The number of alkyl halides is 1. The van der Waals surface area contributed by atoms with Gasteiger partial charge in [0.1, 0.15) is 24.2 Å². The van der Waals surface area contributed by atoms with Crippen LogP contribution in [0.4, 0.5) is 27.4 Å². The first-order valence-electron chi connectivity index (χ1n) is 10.6. The lowest BCUT2D eigenvalue weighted by molar-refractivity contribution is -0.384. The van der Waals surface area contributed by atoms with Crippen molar-refractivity contribution < 1.29 is 18.8 Å². The molecule has 0 unspecified atom stereocenters. The van der Waals surface area contributed by atoms with Crippen molar-refractivity contribution in [2.75, 3.05) is 77.9 Å². The van der Waals surface area contributed by atoms with Crippen molar-refractivity contribution in [2.45, 2.75) is 6.10 Å². The minimum Gasteiger partial charge on any atom is -0.494 e. The van der Waals surface area contributed by atoms with E-state index < -0.39 is 4.92 Å². The fourth-order valence-corrected chi connectivity index (χ4v) is 3.40. The maximum Gasteiger partial charge on any atom is 0.294 e. The molecule has 0 atom stereocenters. The molecule has 0 bridgehead atoms. The summed E-state index contributed by atoms with van der Waals surface area (Å²) < 4.78 is 23.7. The standard InChI is InChI=1S/C21H30FN7O4/c1-26(2)9-10-27(3)17-12-19(32-4)16(11-18(17)29(30)31)24-21-23-7-5-20(25-21)33-15-13-28(14-15)8-6-22/h5,7,11-12,15H,6,8-10,13-14H2,1-4H3,(H,23,24,25). The fraction of sp³-hybridized carbons (Fsp3) is 0.524. The molecule has 1 aromatic heterocycles. The molecule has 1 fully saturated rings.